The monoisotopic (exact) mass is 551 g/mol. The number of hydrogen-bond donors (Lipinski definition) is 0. The molecule has 0 radical (unpaired) electrons. The van der Waals surface area contributed by atoms with Crippen LogP contribution in [-0.4, -0.2) is 65.1 Å². The Morgan fingerprint density at radius 2 is 1.98 bits per heavy atom. The van der Waals surface area contributed by atoms with Gasteiger partial charge in [-0.3, -0.25) is 4.79 Å². The number of amides is 1. The maximum absolute atomic E-state index is 14.0. The van der Waals surface area contributed by atoms with Gasteiger partial charge in [0.2, 0.25) is 0 Å². The van der Waals surface area contributed by atoms with E-state index in [9.17, 15) is 4.79 Å². The lowest BCUT2D eigenvalue weighted by molar-refractivity contribution is 0.0688. The van der Waals surface area contributed by atoms with E-state index in [-0.39, 0.29) is 11.9 Å². The highest BCUT2D eigenvalue weighted by Crippen LogP contribution is 2.52. The fraction of sp³-hybridized carbons (Fsp3) is 0.471. The van der Waals surface area contributed by atoms with Gasteiger partial charge in [-0.25, -0.2) is 4.98 Å². The van der Waals surface area contributed by atoms with Crippen LogP contribution in [-0.2, 0) is 13.1 Å². The highest BCUT2D eigenvalue weighted by molar-refractivity contribution is 6.00. The molecule has 2 unspecified atom stereocenters. The first-order valence-electron chi connectivity index (χ1n) is 15.3. The Labute approximate surface area is 243 Å². The van der Waals surface area contributed by atoms with Gasteiger partial charge in [-0.2, -0.15) is 0 Å². The summed E-state index contributed by atoms with van der Waals surface area (Å²) in [6.45, 7) is 11.1. The van der Waals surface area contributed by atoms with Crippen LogP contribution in [0.4, 0.5) is 5.69 Å². The number of ether oxygens (including phenoxy) is 1. The molecule has 0 spiro atoms. The second kappa shape index (κ2) is 10.7. The first-order chi connectivity index (χ1) is 20.1. The number of hydrogen-bond acceptors (Lipinski definition) is 5. The van der Waals surface area contributed by atoms with Crippen LogP contribution >= 0.6 is 0 Å². The Hall–Kier alpha value is -3.58. The number of anilines is 1. The summed E-state index contributed by atoms with van der Waals surface area (Å²) >= 11 is 0. The van der Waals surface area contributed by atoms with Gasteiger partial charge < -0.3 is 24.0 Å². The Balaban J connectivity index is 1.14. The number of aryl methyl sites for hydroxylation is 2. The molecule has 7 heteroatoms. The summed E-state index contributed by atoms with van der Waals surface area (Å²) in [7, 11) is 1.71. The average Bonchev–Trinajstić information content (AvgIpc) is 3.58. The quantitative estimate of drug-likeness (QED) is 0.344. The minimum absolute atomic E-state index is 0.00741. The zero-order valence-corrected chi connectivity index (χ0v) is 24.6. The van der Waals surface area contributed by atoms with Crippen molar-refractivity contribution in [3.8, 4) is 5.75 Å². The number of fused-ring (bicyclic) bond motifs is 4. The normalized spacial score (nSPS) is 22.0. The number of benzene rings is 2. The van der Waals surface area contributed by atoms with Gasteiger partial charge in [-0.15, -0.1) is 0 Å². The number of carbonyl (C=O) groups is 1. The van der Waals surface area contributed by atoms with Gasteiger partial charge in [0.25, 0.3) is 5.91 Å². The summed E-state index contributed by atoms with van der Waals surface area (Å²) < 4.78 is 7.88. The molecule has 1 saturated heterocycles. The number of carbonyl (C=O) groups excluding carboxylic acids is 1. The van der Waals surface area contributed by atoms with E-state index < -0.39 is 0 Å². The molecular weight excluding hydrogens is 510 g/mol. The van der Waals surface area contributed by atoms with Crippen molar-refractivity contribution in [2.24, 2.45) is 5.92 Å². The molecule has 7 nitrogen and oxygen atoms in total. The summed E-state index contributed by atoms with van der Waals surface area (Å²) in [6.07, 6.45) is 9.74. The van der Waals surface area contributed by atoms with Crippen molar-refractivity contribution >= 4 is 17.7 Å². The van der Waals surface area contributed by atoms with E-state index in [2.05, 4.69) is 69.5 Å². The van der Waals surface area contributed by atoms with Crippen molar-refractivity contribution in [1.29, 1.82) is 0 Å². The highest BCUT2D eigenvalue weighted by Gasteiger charge is 2.42. The van der Waals surface area contributed by atoms with Crippen molar-refractivity contribution in [3.63, 3.8) is 0 Å². The molecule has 2 aliphatic carbocycles. The maximum atomic E-state index is 14.0. The SMILES string of the molecule is CCN1CCN(c2cccc3c2CN([C@H](CCCn2cnc4c2C=CC2CC42)c2ccc(OC)c(C)c2)C3=O)CC1. The minimum atomic E-state index is -0.00741. The molecule has 3 atom stereocenters. The largest absolute Gasteiger partial charge is 0.496 e. The van der Waals surface area contributed by atoms with E-state index in [4.69, 9.17) is 9.72 Å². The number of aromatic nitrogens is 2. The molecule has 1 saturated carbocycles. The zero-order chi connectivity index (χ0) is 28.1. The Kier molecular flexibility index (Phi) is 6.86. The van der Waals surface area contributed by atoms with Crippen molar-refractivity contribution in [2.75, 3.05) is 44.7 Å². The van der Waals surface area contributed by atoms with Crippen LogP contribution in [0.15, 0.2) is 48.8 Å². The second-order valence-electron chi connectivity index (χ2n) is 12.1. The summed E-state index contributed by atoms with van der Waals surface area (Å²) in [5.41, 5.74) is 8.11. The van der Waals surface area contributed by atoms with Crippen LogP contribution in [0.5, 0.6) is 5.75 Å². The zero-order valence-electron chi connectivity index (χ0n) is 24.6. The average molecular weight is 552 g/mol. The summed E-state index contributed by atoms with van der Waals surface area (Å²) in [4.78, 5) is 25.9. The molecule has 0 bridgehead atoms. The van der Waals surface area contributed by atoms with Crippen molar-refractivity contribution < 1.29 is 9.53 Å². The molecule has 214 valence electrons. The summed E-state index contributed by atoms with van der Waals surface area (Å²) in [5, 5.41) is 0. The lowest BCUT2D eigenvalue weighted by Gasteiger charge is -2.36. The van der Waals surface area contributed by atoms with Gasteiger partial charge in [0, 0.05) is 62.0 Å². The lowest BCUT2D eigenvalue weighted by atomic mass is 9.98. The predicted octanol–water partition coefficient (Wildman–Crippen LogP) is 5.65. The smallest absolute Gasteiger partial charge is 0.255 e. The van der Waals surface area contributed by atoms with Crippen LogP contribution < -0.4 is 9.64 Å². The third-order valence-corrected chi connectivity index (χ3v) is 9.79. The molecule has 1 aromatic heterocycles. The number of allylic oxidation sites excluding steroid dienone is 1. The van der Waals surface area contributed by atoms with E-state index in [1.54, 1.807) is 7.11 Å². The van der Waals surface area contributed by atoms with Crippen molar-refractivity contribution in [2.45, 2.75) is 58.2 Å². The van der Waals surface area contributed by atoms with E-state index in [1.807, 2.05) is 18.5 Å². The van der Waals surface area contributed by atoms with Crippen molar-refractivity contribution in [3.05, 3.63) is 82.4 Å². The standard InChI is InChI=1S/C34H41N5O2/c1-4-36-15-17-37(18-16-36)30-8-5-7-26-28(30)21-39(34(26)40)29(25-11-13-32(41-3)23(2)19-25)9-6-14-38-22-35-33-27-20-24(27)10-12-31(33)38/h5,7-8,10-13,19,22,24,27,29H,4,6,9,14-18,20-21H2,1-3H3/t24?,27?,29-/m1/s1. The molecule has 3 heterocycles. The topological polar surface area (TPSA) is 53.8 Å². The van der Waals surface area contributed by atoms with Gasteiger partial charge in [-0.05, 0) is 74.1 Å². The molecular formula is C34H41N5O2. The number of nitrogens with zero attached hydrogens (tertiary/aromatic N) is 5. The van der Waals surface area contributed by atoms with Gasteiger partial charge in [0.05, 0.1) is 30.9 Å². The van der Waals surface area contributed by atoms with Crippen LogP contribution in [0.2, 0.25) is 0 Å². The van der Waals surface area contributed by atoms with E-state index in [0.717, 1.165) is 69.0 Å². The first kappa shape index (κ1) is 26.3. The summed E-state index contributed by atoms with van der Waals surface area (Å²) in [6, 6.07) is 12.7. The number of imidazole rings is 1. The predicted molar refractivity (Wildman–Crippen MR) is 162 cm³/mol. The molecule has 2 aliphatic heterocycles. The van der Waals surface area contributed by atoms with E-state index >= 15 is 0 Å². The molecule has 2 aromatic carbocycles. The Morgan fingerprint density at radius 1 is 1.12 bits per heavy atom. The van der Waals surface area contributed by atoms with Crippen molar-refractivity contribution in [1.82, 2.24) is 19.4 Å². The van der Waals surface area contributed by atoms with Gasteiger partial charge in [0.1, 0.15) is 5.75 Å². The molecule has 0 N–H and O–H groups in total. The third kappa shape index (κ3) is 4.74. The van der Waals surface area contributed by atoms with Crippen LogP contribution in [0, 0.1) is 12.8 Å². The third-order valence-electron chi connectivity index (χ3n) is 9.79. The highest BCUT2D eigenvalue weighted by atomic mass is 16.5. The molecule has 1 amide bonds. The molecule has 4 aliphatic rings. The number of likely N-dealkylation sites (N-methyl/N-ethyl adjacent to an activating group) is 1. The fourth-order valence-corrected chi connectivity index (χ4v) is 7.27. The molecule has 2 fully saturated rings. The lowest BCUT2D eigenvalue weighted by Crippen LogP contribution is -2.46. The molecule has 41 heavy (non-hydrogen) atoms. The van der Waals surface area contributed by atoms with Gasteiger partial charge in [0.15, 0.2) is 0 Å². The maximum Gasteiger partial charge on any atom is 0.255 e. The van der Waals surface area contributed by atoms with Crippen LogP contribution in [0.25, 0.3) is 6.08 Å². The van der Waals surface area contributed by atoms with E-state index in [0.29, 0.717) is 18.4 Å². The second-order valence-corrected chi connectivity index (χ2v) is 12.1. The van der Waals surface area contributed by atoms with E-state index in [1.165, 1.54) is 34.6 Å². The van der Waals surface area contributed by atoms with Crippen LogP contribution in [0.1, 0.15) is 76.6 Å². The number of rotatable bonds is 9. The Morgan fingerprint density at radius 3 is 2.76 bits per heavy atom. The minimum Gasteiger partial charge on any atom is -0.496 e. The van der Waals surface area contributed by atoms with Gasteiger partial charge >= 0.3 is 0 Å². The van der Waals surface area contributed by atoms with Crippen LogP contribution in [0.3, 0.4) is 0 Å². The fourth-order valence-electron chi connectivity index (χ4n) is 7.27. The molecule has 7 rings (SSSR count). The van der Waals surface area contributed by atoms with Gasteiger partial charge in [-0.1, -0.05) is 31.2 Å². The number of piperazine rings is 1. The molecule has 3 aromatic rings. The summed E-state index contributed by atoms with van der Waals surface area (Å²) in [5.74, 6) is 2.37. The first-order valence-corrected chi connectivity index (χ1v) is 15.3. The Bertz CT molecular complexity index is 1480. The number of methoxy groups -OCH3 is 1.